The van der Waals surface area contributed by atoms with Crippen LogP contribution in [0.5, 0.6) is 0 Å². The zero-order valence-electron chi connectivity index (χ0n) is 8.55. The summed E-state index contributed by atoms with van der Waals surface area (Å²) in [6, 6.07) is 4.00. The van der Waals surface area contributed by atoms with Gasteiger partial charge >= 0.3 is 0 Å². The van der Waals surface area contributed by atoms with Crippen molar-refractivity contribution in [2.75, 3.05) is 12.4 Å². The zero-order valence-corrected chi connectivity index (χ0v) is 8.55. The van der Waals surface area contributed by atoms with Crippen LogP contribution in [-0.2, 0) is 0 Å². The van der Waals surface area contributed by atoms with E-state index < -0.39 is 0 Å². The van der Waals surface area contributed by atoms with E-state index in [9.17, 15) is 0 Å². The first-order valence-electron chi connectivity index (χ1n) is 4.80. The average Bonchev–Trinajstić information content (AvgIpc) is 2.74. The van der Waals surface area contributed by atoms with Crippen molar-refractivity contribution in [2.24, 2.45) is 0 Å². The fourth-order valence-corrected chi connectivity index (χ4v) is 1.76. The van der Waals surface area contributed by atoms with Gasteiger partial charge in [0.25, 0.3) is 0 Å². The highest BCUT2D eigenvalue weighted by Gasteiger charge is 2.05. The van der Waals surface area contributed by atoms with E-state index in [1.54, 1.807) is 0 Å². The maximum Gasteiger partial charge on any atom is 0.200 e. The Morgan fingerprint density at radius 1 is 1.07 bits per heavy atom. The lowest BCUT2D eigenvalue weighted by Crippen LogP contribution is -1.88. The predicted octanol–water partition coefficient (Wildman–Crippen LogP) is 1.79. The minimum absolute atomic E-state index is 0.773. The maximum atomic E-state index is 4.37. The van der Waals surface area contributed by atoms with Gasteiger partial charge in [0.15, 0.2) is 0 Å². The van der Waals surface area contributed by atoms with Crippen LogP contribution in [0.3, 0.4) is 0 Å². The second-order valence-corrected chi connectivity index (χ2v) is 3.54. The highest BCUT2D eigenvalue weighted by molar-refractivity contribution is 5.92. The van der Waals surface area contributed by atoms with Crippen molar-refractivity contribution in [1.29, 1.82) is 0 Å². The van der Waals surface area contributed by atoms with Gasteiger partial charge in [-0.3, -0.25) is 0 Å². The molecule has 0 saturated heterocycles. The van der Waals surface area contributed by atoms with Gasteiger partial charge in [-0.05, 0) is 19.1 Å². The number of nitrogens with zero attached hydrogens (tertiary/aromatic N) is 2. The van der Waals surface area contributed by atoms with E-state index in [1.165, 1.54) is 0 Å². The first-order valence-corrected chi connectivity index (χ1v) is 4.80. The zero-order chi connectivity index (χ0) is 10.4. The molecule has 0 atom stereocenters. The molecular weight excluding hydrogens is 190 g/mol. The van der Waals surface area contributed by atoms with Crippen molar-refractivity contribution < 1.29 is 0 Å². The molecule has 0 aliphatic heterocycles. The molecular formula is C10H11N5. The van der Waals surface area contributed by atoms with Gasteiger partial charge in [0.1, 0.15) is 5.82 Å². The number of aryl methyl sites for hydroxylation is 1. The van der Waals surface area contributed by atoms with Gasteiger partial charge in [0, 0.05) is 7.05 Å². The normalized spacial score (nSPS) is 11.3. The van der Waals surface area contributed by atoms with Crippen LogP contribution in [0.2, 0.25) is 0 Å². The molecule has 2 heterocycles. The quantitative estimate of drug-likeness (QED) is 0.562. The number of fused-ring (bicyclic) bond motifs is 2. The monoisotopic (exact) mass is 201 g/mol. The van der Waals surface area contributed by atoms with E-state index in [0.29, 0.717) is 0 Å². The lowest BCUT2D eigenvalue weighted by atomic mass is 10.3. The fraction of sp³-hybridized carbons (Fsp3) is 0.200. The predicted molar refractivity (Wildman–Crippen MR) is 60.0 cm³/mol. The van der Waals surface area contributed by atoms with E-state index in [4.69, 9.17) is 0 Å². The second kappa shape index (κ2) is 2.73. The van der Waals surface area contributed by atoms with Crippen LogP contribution >= 0.6 is 0 Å². The highest BCUT2D eigenvalue weighted by Crippen LogP contribution is 2.20. The van der Waals surface area contributed by atoms with Crippen LogP contribution in [0.15, 0.2) is 12.1 Å². The molecule has 0 amide bonds. The lowest BCUT2D eigenvalue weighted by molar-refractivity contribution is 1.17. The third kappa shape index (κ3) is 1.16. The number of benzene rings is 1. The highest BCUT2D eigenvalue weighted by atomic mass is 15.1. The van der Waals surface area contributed by atoms with Gasteiger partial charge in [-0.1, -0.05) is 0 Å². The van der Waals surface area contributed by atoms with Crippen molar-refractivity contribution in [1.82, 2.24) is 19.9 Å². The summed E-state index contributed by atoms with van der Waals surface area (Å²) < 4.78 is 0. The summed E-state index contributed by atoms with van der Waals surface area (Å²) in [5.41, 5.74) is 3.93. The molecule has 0 radical (unpaired) electrons. The Morgan fingerprint density at radius 2 is 1.80 bits per heavy atom. The molecule has 5 nitrogen and oxygen atoms in total. The molecule has 2 aromatic heterocycles. The first kappa shape index (κ1) is 8.28. The van der Waals surface area contributed by atoms with Crippen molar-refractivity contribution in [2.45, 2.75) is 6.92 Å². The Balaban J connectivity index is 2.37. The first-order chi connectivity index (χ1) is 7.26. The minimum Gasteiger partial charge on any atom is -0.359 e. The van der Waals surface area contributed by atoms with Crippen molar-refractivity contribution >= 4 is 28.0 Å². The Bertz CT molecular complexity index is 583. The molecule has 1 aromatic carbocycles. The number of hydrogen-bond acceptors (Lipinski definition) is 3. The number of rotatable bonds is 1. The topological polar surface area (TPSA) is 69.4 Å². The average molecular weight is 201 g/mol. The molecule has 0 spiro atoms. The van der Waals surface area contributed by atoms with Gasteiger partial charge < -0.3 is 15.3 Å². The lowest BCUT2D eigenvalue weighted by Gasteiger charge is -1.88. The van der Waals surface area contributed by atoms with E-state index >= 15 is 0 Å². The van der Waals surface area contributed by atoms with Crippen molar-refractivity contribution in [3.63, 3.8) is 0 Å². The number of anilines is 1. The SMILES string of the molecule is CNc1nc2cc3nc(C)[nH]c3cc2[nH]1. The minimum atomic E-state index is 0.773. The molecule has 76 valence electrons. The Labute approximate surface area is 85.9 Å². The van der Waals surface area contributed by atoms with E-state index in [1.807, 2.05) is 26.1 Å². The van der Waals surface area contributed by atoms with E-state index in [-0.39, 0.29) is 0 Å². The van der Waals surface area contributed by atoms with Gasteiger partial charge in [-0.25, -0.2) is 9.97 Å². The maximum absolute atomic E-state index is 4.37. The molecule has 3 N–H and O–H groups in total. The molecule has 0 saturated carbocycles. The van der Waals surface area contributed by atoms with Crippen LogP contribution < -0.4 is 5.32 Å². The molecule has 0 aliphatic carbocycles. The third-order valence-corrected chi connectivity index (χ3v) is 2.44. The van der Waals surface area contributed by atoms with Gasteiger partial charge in [0.2, 0.25) is 5.95 Å². The smallest absolute Gasteiger partial charge is 0.200 e. The molecule has 5 heteroatoms. The Hall–Kier alpha value is -2.04. The van der Waals surface area contributed by atoms with Gasteiger partial charge in [-0.15, -0.1) is 0 Å². The summed E-state index contributed by atoms with van der Waals surface area (Å²) in [6.07, 6.45) is 0. The van der Waals surface area contributed by atoms with E-state index in [0.717, 1.165) is 33.8 Å². The molecule has 15 heavy (non-hydrogen) atoms. The number of hydrogen-bond donors (Lipinski definition) is 3. The summed E-state index contributed by atoms with van der Waals surface area (Å²) in [5.74, 6) is 1.70. The van der Waals surface area contributed by atoms with Crippen molar-refractivity contribution in [3.8, 4) is 0 Å². The van der Waals surface area contributed by atoms with Crippen LogP contribution in [0, 0.1) is 6.92 Å². The summed E-state index contributed by atoms with van der Waals surface area (Å²) in [5, 5.41) is 2.98. The van der Waals surface area contributed by atoms with Crippen LogP contribution in [-0.4, -0.2) is 27.0 Å². The number of H-pyrrole nitrogens is 2. The van der Waals surface area contributed by atoms with Crippen LogP contribution in [0.1, 0.15) is 5.82 Å². The molecule has 0 fully saturated rings. The number of aromatic amines is 2. The van der Waals surface area contributed by atoms with Gasteiger partial charge in [-0.2, -0.15) is 0 Å². The molecule has 3 rings (SSSR count). The largest absolute Gasteiger partial charge is 0.359 e. The van der Waals surface area contributed by atoms with E-state index in [2.05, 4.69) is 25.3 Å². The number of imidazole rings is 2. The second-order valence-electron chi connectivity index (χ2n) is 3.54. The standard InChI is InChI=1S/C10H11N5/c1-5-12-6-3-8-9(4-7(6)13-5)15-10(11-2)14-8/h3-4H,1-2H3,(H,12,13)(H2,11,14,15). The Morgan fingerprint density at radius 3 is 2.60 bits per heavy atom. The van der Waals surface area contributed by atoms with Crippen LogP contribution in [0.4, 0.5) is 5.95 Å². The summed E-state index contributed by atoms with van der Waals surface area (Å²) in [7, 11) is 1.84. The van der Waals surface area contributed by atoms with Crippen molar-refractivity contribution in [3.05, 3.63) is 18.0 Å². The third-order valence-electron chi connectivity index (χ3n) is 2.44. The number of nitrogens with one attached hydrogen (secondary N) is 3. The summed E-state index contributed by atoms with van der Waals surface area (Å²) >= 11 is 0. The van der Waals surface area contributed by atoms with Gasteiger partial charge in [0.05, 0.1) is 22.1 Å². The molecule has 0 aliphatic rings. The van der Waals surface area contributed by atoms with Crippen LogP contribution in [0.25, 0.3) is 22.1 Å². The number of aromatic nitrogens is 4. The molecule has 3 aromatic rings. The molecule has 0 unspecified atom stereocenters. The summed E-state index contributed by atoms with van der Waals surface area (Å²) in [6.45, 7) is 1.95. The molecule has 0 bridgehead atoms. The fourth-order valence-electron chi connectivity index (χ4n) is 1.76. The Kier molecular flexibility index (Phi) is 1.50. The summed E-state index contributed by atoms with van der Waals surface area (Å²) in [4.78, 5) is 15.1.